The molecule has 0 aromatic heterocycles. The lowest BCUT2D eigenvalue weighted by Gasteiger charge is -2.32. The third-order valence-electron chi connectivity index (χ3n) is 4.19. The number of ether oxygens (including phenoxy) is 3. The van der Waals surface area contributed by atoms with Gasteiger partial charge in [0.25, 0.3) is 0 Å². The SMILES string of the molecule is CCCOc1ccc(C2=C(C(=O)OCC)CN(C(=O)OC(C)(C)C)CC2)cc1. The molecular weight excluding hydrogens is 358 g/mol. The Hall–Kier alpha value is -2.50. The van der Waals surface area contributed by atoms with Gasteiger partial charge in [0.05, 0.1) is 25.3 Å². The van der Waals surface area contributed by atoms with Crippen LogP contribution in [0.5, 0.6) is 5.75 Å². The molecule has 6 nitrogen and oxygen atoms in total. The summed E-state index contributed by atoms with van der Waals surface area (Å²) in [5, 5.41) is 0. The third-order valence-corrected chi connectivity index (χ3v) is 4.19. The third kappa shape index (κ3) is 6.01. The second-order valence-corrected chi connectivity index (χ2v) is 7.70. The monoisotopic (exact) mass is 389 g/mol. The molecule has 0 saturated heterocycles. The van der Waals surface area contributed by atoms with Crippen LogP contribution in [-0.2, 0) is 14.3 Å². The number of hydrogen-bond acceptors (Lipinski definition) is 5. The van der Waals surface area contributed by atoms with Crippen LogP contribution in [0.3, 0.4) is 0 Å². The summed E-state index contributed by atoms with van der Waals surface area (Å²) >= 11 is 0. The fourth-order valence-electron chi connectivity index (χ4n) is 2.94. The smallest absolute Gasteiger partial charge is 0.410 e. The van der Waals surface area contributed by atoms with E-state index < -0.39 is 17.7 Å². The molecule has 1 aliphatic rings. The van der Waals surface area contributed by atoms with Crippen LogP contribution in [0.25, 0.3) is 5.57 Å². The van der Waals surface area contributed by atoms with E-state index in [1.165, 1.54) is 0 Å². The minimum absolute atomic E-state index is 0.178. The average Bonchev–Trinajstić information content (AvgIpc) is 2.65. The standard InChI is InChI=1S/C22H31NO5/c1-6-14-27-17-10-8-16(9-11-17)18-12-13-23(21(25)28-22(3,4)5)15-19(18)20(24)26-7-2/h8-11H,6-7,12-15H2,1-5H3. The molecule has 0 atom stereocenters. The molecule has 0 N–H and O–H groups in total. The van der Waals surface area contributed by atoms with Crippen LogP contribution in [-0.4, -0.2) is 48.9 Å². The summed E-state index contributed by atoms with van der Waals surface area (Å²) < 4.78 is 16.3. The number of hydrogen-bond donors (Lipinski definition) is 0. The van der Waals surface area contributed by atoms with Crippen molar-refractivity contribution in [3.8, 4) is 5.75 Å². The second-order valence-electron chi connectivity index (χ2n) is 7.70. The number of amides is 1. The topological polar surface area (TPSA) is 65.1 Å². The molecule has 0 bridgehead atoms. The molecule has 1 aromatic carbocycles. The van der Waals surface area contributed by atoms with Gasteiger partial charge in [-0.05, 0) is 63.8 Å². The number of benzene rings is 1. The molecule has 1 aliphatic heterocycles. The summed E-state index contributed by atoms with van der Waals surface area (Å²) in [7, 11) is 0. The van der Waals surface area contributed by atoms with Gasteiger partial charge in [0, 0.05) is 6.54 Å². The summed E-state index contributed by atoms with van der Waals surface area (Å²) in [5.74, 6) is 0.409. The maximum atomic E-state index is 12.6. The van der Waals surface area contributed by atoms with Gasteiger partial charge in [-0.3, -0.25) is 0 Å². The summed E-state index contributed by atoms with van der Waals surface area (Å²) in [5.41, 5.74) is 1.76. The molecular formula is C22H31NO5. The van der Waals surface area contributed by atoms with Crippen molar-refractivity contribution in [1.82, 2.24) is 4.90 Å². The summed E-state index contributed by atoms with van der Waals surface area (Å²) in [4.78, 5) is 26.6. The van der Waals surface area contributed by atoms with E-state index in [0.29, 0.717) is 25.1 Å². The fraction of sp³-hybridized carbons (Fsp3) is 0.545. The first-order valence-corrected chi connectivity index (χ1v) is 9.85. The maximum absolute atomic E-state index is 12.6. The Morgan fingerprint density at radius 1 is 1.11 bits per heavy atom. The lowest BCUT2D eigenvalue weighted by molar-refractivity contribution is -0.138. The number of esters is 1. The van der Waals surface area contributed by atoms with Gasteiger partial charge in [-0.2, -0.15) is 0 Å². The lowest BCUT2D eigenvalue weighted by Crippen LogP contribution is -2.42. The van der Waals surface area contributed by atoms with Crippen LogP contribution in [0.2, 0.25) is 0 Å². The predicted octanol–water partition coefficient (Wildman–Crippen LogP) is 4.43. The van der Waals surface area contributed by atoms with Crippen molar-refractivity contribution in [1.29, 1.82) is 0 Å². The molecule has 1 aromatic rings. The molecule has 154 valence electrons. The van der Waals surface area contributed by atoms with E-state index in [-0.39, 0.29) is 13.2 Å². The Bertz CT molecular complexity index is 715. The summed E-state index contributed by atoms with van der Waals surface area (Å²) in [6, 6.07) is 7.70. The van der Waals surface area contributed by atoms with E-state index in [4.69, 9.17) is 14.2 Å². The van der Waals surface area contributed by atoms with Crippen molar-refractivity contribution in [3.05, 3.63) is 35.4 Å². The molecule has 6 heteroatoms. The van der Waals surface area contributed by atoms with E-state index in [1.807, 2.05) is 45.0 Å². The van der Waals surface area contributed by atoms with Gasteiger partial charge in [-0.25, -0.2) is 9.59 Å². The molecule has 0 fully saturated rings. The Balaban J connectivity index is 2.26. The molecule has 0 radical (unpaired) electrons. The quantitative estimate of drug-likeness (QED) is 0.673. The van der Waals surface area contributed by atoms with Crippen molar-refractivity contribution < 1.29 is 23.8 Å². The van der Waals surface area contributed by atoms with Crippen LogP contribution < -0.4 is 4.74 Å². The lowest BCUT2D eigenvalue weighted by atomic mass is 9.93. The summed E-state index contributed by atoms with van der Waals surface area (Å²) in [6.07, 6.45) is 1.08. The molecule has 0 spiro atoms. The Labute approximate surface area is 167 Å². The van der Waals surface area contributed by atoms with Crippen molar-refractivity contribution >= 4 is 17.6 Å². The molecule has 0 saturated carbocycles. The second kappa shape index (κ2) is 9.62. The number of carbonyl (C=O) groups excluding carboxylic acids is 2. The summed E-state index contributed by atoms with van der Waals surface area (Å²) in [6.45, 7) is 10.9. The predicted molar refractivity (Wildman–Crippen MR) is 108 cm³/mol. The van der Waals surface area contributed by atoms with Crippen LogP contribution >= 0.6 is 0 Å². The number of rotatable bonds is 6. The molecule has 1 amide bonds. The van der Waals surface area contributed by atoms with E-state index in [0.717, 1.165) is 23.3 Å². The van der Waals surface area contributed by atoms with E-state index in [9.17, 15) is 9.59 Å². The Morgan fingerprint density at radius 3 is 2.36 bits per heavy atom. The van der Waals surface area contributed by atoms with Gasteiger partial charge in [0.2, 0.25) is 0 Å². The zero-order valence-corrected chi connectivity index (χ0v) is 17.5. The van der Waals surface area contributed by atoms with Gasteiger partial charge in [-0.1, -0.05) is 19.1 Å². The first-order chi connectivity index (χ1) is 13.2. The first-order valence-electron chi connectivity index (χ1n) is 9.85. The van der Waals surface area contributed by atoms with Crippen molar-refractivity contribution in [3.63, 3.8) is 0 Å². The molecule has 0 aliphatic carbocycles. The van der Waals surface area contributed by atoms with Crippen molar-refractivity contribution in [2.24, 2.45) is 0 Å². The zero-order chi connectivity index (χ0) is 20.7. The first kappa shape index (κ1) is 21.8. The largest absolute Gasteiger partial charge is 0.494 e. The van der Waals surface area contributed by atoms with E-state index in [2.05, 4.69) is 6.92 Å². The average molecular weight is 389 g/mol. The van der Waals surface area contributed by atoms with Crippen LogP contribution in [0.15, 0.2) is 29.8 Å². The van der Waals surface area contributed by atoms with Gasteiger partial charge in [0.1, 0.15) is 11.4 Å². The van der Waals surface area contributed by atoms with Crippen LogP contribution in [0.1, 0.15) is 53.0 Å². The van der Waals surface area contributed by atoms with Crippen molar-refractivity contribution in [2.75, 3.05) is 26.3 Å². The number of carbonyl (C=O) groups is 2. The van der Waals surface area contributed by atoms with Gasteiger partial charge >= 0.3 is 12.1 Å². The van der Waals surface area contributed by atoms with Gasteiger partial charge in [0.15, 0.2) is 0 Å². The molecule has 28 heavy (non-hydrogen) atoms. The zero-order valence-electron chi connectivity index (χ0n) is 17.5. The van der Waals surface area contributed by atoms with Gasteiger partial charge < -0.3 is 19.1 Å². The fourth-order valence-corrected chi connectivity index (χ4v) is 2.94. The van der Waals surface area contributed by atoms with Gasteiger partial charge in [-0.15, -0.1) is 0 Å². The number of nitrogens with zero attached hydrogens (tertiary/aromatic N) is 1. The van der Waals surface area contributed by atoms with Crippen LogP contribution in [0, 0.1) is 0 Å². The highest BCUT2D eigenvalue weighted by Crippen LogP contribution is 2.30. The normalized spacial score (nSPS) is 14.7. The van der Waals surface area contributed by atoms with E-state index in [1.54, 1.807) is 11.8 Å². The van der Waals surface area contributed by atoms with E-state index >= 15 is 0 Å². The van der Waals surface area contributed by atoms with Crippen LogP contribution in [0.4, 0.5) is 4.79 Å². The minimum Gasteiger partial charge on any atom is -0.494 e. The Kier molecular flexibility index (Phi) is 7.49. The van der Waals surface area contributed by atoms with Crippen molar-refractivity contribution in [2.45, 2.75) is 53.1 Å². The highest BCUT2D eigenvalue weighted by atomic mass is 16.6. The molecule has 2 rings (SSSR count). The molecule has 0 unspecified atom stereocenters. The molecule has 1 heterocycles. The minimum atomic E-state index is -0.584. The Morgan fingerprint density at radius 2 is 1.79 bits per heavy atom. The maximum Gasteiger partial charge on any atom is 0.410 e. The highest BCUT2D eigenvalue weighted by molar-refractivity contribution is 5.99. The highest BCUT2D eigenvalue weighted by Gasteiger charge is 2.30.